The Balaban J connectivity index is 1.64. The van der Waals surface area contributed by atoms with Crippen LogP contribution < -0.4 is 10.9 Å². The molecule has 5 nitrogen and oxygen atoms in total. The fraction of sp³-hybridized carbons (Fsp3) is 0.458. The zero-order chi connectivity index (χ0) is 21.5. The molecule has 0 atom stereocenters. The van der Waals surface area contributed by atoms with Gasteiger partial charge >= 0.3 is 0 Å². The Hall–Kier alpha value is -2.12. The summed E-state index contributed by atoms with van der Waals surface area (Å²) in [7, 11) is 0. The molecular formula is C24H27N3O2S2. The van der Waals surface area contributed by atoms with Crippen LogP contribution in [0, 0.1) is 13.8 Å². The molecule has 31 heavy (non-hydrogen) atoms. The third-order valence-corrected chi connectivity index (χ3v) is 8.20. The van der Waals surface area contributed by atoms with E-state index in [9.17, 15) is 9.59 Å². The van der Waals surface area contributed by atoms with Gasteiger partial charge < -0.3 is 5.32 Å². The highest BCUT2D eigenvalue weighted by Crippen LogP contribution is 2.35. The minimum absolute atomic E-state index is 0.00135. The van der Waals surface area contributed by atoms with Gasteiger partial charge in [0.2, 0.25) is 5.91 Å². The summed E-state index contributed by atoms with van der Waals surface area (Å²) >= 11 is 3.03. The van der Waals surface area contributed by atoms with Crippen LogP contribution >= 0.6 is 23.1 Å². The molecule has 0 spiro atoms. The van der Waals surface area contributed by atoms with Gasteiger partial charge in [0.1, 0.15) is 4.83 Å². The Morgan fingerprint density at radius 3 is 2.81 bits per heavy atom. The fourth-order valence-electron chi connectivity index (χ4n) is 4.36. The summed E-state index contributed by atoms with van der Waals surface area (Å²) in [5.41, 5.74) is 4.25. The molecule has 2 aliphatic rings. The van der Waals surface area contributed by atoms with Crippen LogP contribution in [0.15, 0.2) is 28.2 Å². The number of aromatic nitrogens is 2. The number of hydrogen-bond acceptors (Lipinski definition) is 5. The number of amides is 1. The minimum Gasteiger partial charge on any atom is -0.353 e. The van der Waals surface area contributed by atoms with E-state index in [1.54, 1.807) is 15.9 Å². The highest BCUT2D eigenvalue weighted by molar-refractivity contribution is 7.99. The summed E-state index contributed by atoms with van der Waals surface area (Å²) < 4.78 is 1.74. The third kappa shape index (κ3) is 4.17. The Labute approximate surface area is 190 Å². The molecule has 162 valence electrons. The smallest absolute Gasteiger partial charge is 0.267 e. The molecule has 0 unspecified atom stereocenters. The number of carbonyl (C=O) groups excluding carboxylic acids is 1. The molecule has 1 saturated carbocycles. The number of thioether (sulfide) groups is 1. The first-order valence-corrected chi connectivity index (χ1v) is 12.9. The van der Waals surface area contributed by atoms with Gasteiger partial charge in [-0.1, -0.05) is 35.9 Å². The minimum atomic E-state index is 0.00135. The fourth-order valence-corrected chi connectivity index (χ4v) is 6.48. The van der Waals surface area contributed by atoms with Crippen molar-refractivity contribution in [1.29, 1.82) is 0 Å². The first-order valence-electron chi connectivity index (χ1n) is 11.1. The lowest BCUT2D eigenvalue weighted by Crippen LogP contribution is -2.28. The Morgan fingerprint density at radius 1 is 1.23 bits per heavy atom. The van der Waals surface area contributed by atoms with E-state index >= 15 is 0 Å². The summed E-state index contributed by atoms with van der Waals surface area (Å²) in [6.45, 7) is 4.08. The molecule has 0 radical (unpaired) electrons. The summed E-state index contributed by atoms with van der Waals surface area (Å²) in [5, 5.41) is 4.42. The van der Waals surface area contributed by atoms with Crippen LogP contribution in [0.2, 0.25) is 0 Å². The van der Waals surface area contributed by atoms with Gasteiger partial charge in [-0.15, -0.1) is 11.3 Å². The van der Waals surface area contributed by atoms with E-state index < -0.39 is 0 Å². The van der Waals surface area contributed by atoms with Crippen LogP contribution in [0.4, 0.5) is 0 Å². The lowest BCUT2D eigenvalue weighted by molar-refractivity contribution is -0.118. The van der Waals surface area contributed by atoms with Crippen LogP contribution in [-0.2, 0) is 17.6 Å². The number of fused-ring (bicyclic) bond motifs is 3. The van der Waals surface area contributed by atoms with Crippen molar-refractivity contribution in [3.05, 3.63) is 50.1 Å². The van der Waals surface area contributed by atoms with E-state index in [-0.39, 0.29) is 17.2 Å². The van der Waals surface area contributed by atoms with E-state index in [1.807, 2.05) is 19.1 Å². The van der Waals surface area contributed by atoms with Gasteiger partial charge in [-0.3, -0.25) is 14.2 Å². The molecule has 7 heteroatoms. The van der Waals surface area contributed by atoms with Gasteiger partial charge in [-0.05, 0) is 69.6 Å². The summed E-state index contributed by atoms with van der Waals surface area (Å²) in [6.07, 6.45) is 7.63. The van der Waals surface area contributed by atoms with Gasteiger partial charge in [-0.25, -0.2) is 4.98 Å². The molecule has 1 aromatic carbocycles. The highest BCUT2D eigenvalue weighted by Gasteiger charge is 2.25. The molecule has 0 aliphatic heterocycles. The molecule has 0 bridgehead atoms. The van der Waals surface area contributed by atoms with Crippen LogP contribution in [-0.4, -0.2) is 27.3 Å². The molecule has 1 fully saturated rings. The zero-order valence-corrected chi connectivity index (χ0v) is 19.6. The van der Waals surface area contributed by atoms with Crippen molar-refractivity contribution in [2.45, 2.75) is 70.0 Å². The van der Waals surface area contributed by atoms with E-state index in [1.165, 1.54) is 35.0 Å². The largest absolute Gasteiger partial charge is 0.353 e. The normalized spacial score (nSPS) is 16.2. The monoisotopic (exact) mass is 453 g/mol. The SMILES string of the molecule is Cc1ccc(-n2c(SCC(=O)NC3CC3)nc3sc4c(c3c2=O)CCCCC4)c(C)c1. The topological polar surface area (TPSA) is 64.0 Å². The van der Waals surface area contributed by atoms with Crippen molar-refractivity contribution in [1.82, 2.24) is 14.9 Å². The van der Waals surface area contributed by atoms with Gasteiger partial charge in [0.15, 0.2) is 5.16 Å². The van der Waals surface area contributed by atoms with Crippen LogP contribution in [0.25, 0.3) is 15.9 Å². The summed E-state index contributed by atoms with van der Waals surface area (Å²) in [4.78, 5) is 33.3. The number of thiophene rings is 1. The van der Waals surface area contributed by atoms with Crippen LogP contribution in [0.5, 0.6) is 0 Å². The van der Waals surface area contributed by atoms with Crippen molar-refractivity contribution in [2.24, 2.45) is 0 Å². The maximum atomic E-state index is 13.9. The molecule has 1 N–H and O–H groups in total. The van der Waals surface area contributed by atoms with Crippen molar-refractivity contribution in [2.75, 3.05) is 5.75 Å². The van der Waals surface area contributed by atoms with Crippen molar-refractivity contribution in [3.63, 3.8) is 0 Å². The maximum absolute atomic E-state index is 13.9. The number of nitrogens with zero attached hydrogens (tertiary/aromatic N) is 2. The second-order valence-corrected chi connectivity index (χ2v) is 10.7. The molecular weight excluding hydrogens is 426 g/mol. The molecule has 2 aromatic heterocycles. The average molecular weight is 454 g/mol. The van der Waals surface area contributed by atoms with E-state index in [0.29, 0.717) is 11.2 Å². The molecule has 5 rings (SSSR count). The van der Waals surface area contributed by atoms with Gasteiger partial charge in [0.05, 0.1) is 16.8 Å². The first-order chi connectivity index (χ1) is 15.0. The third-order valence-electron chi connectivity index (χ3n) is 6.08. The number of rotatable bonds is 5. The average Bonchev–Trinajstić information content (AvgIpc) is 3.51. The number of aryl methyl sites for hydroxylation is 4. The zero-order valence-electron chi connectivity index (χ0n) is 18.0. The maximum Gasteiger partial charge on any atom is 0.267 e. The highest BCUT2D eigenvalue weighted by atomic mass is 32.2. The molecule has 0 saturated heterocycles. The van der Waals surface area contributed by atoms with E-state index in [2.05, 4.69) is 18.3 Å². The second kappa shape index (κ2) is 8.43. The predicted molar refractivity (Wildman–Crippen MR) is 128 cm³/mol. The van der Waals surface area contributed by atoms with Crippen molar-refractivity contribution < 1.29 is 4.79 Å². The van der Waals surface area contributed by atoms with Crippen LogP contribution in [0.1, 0.15) is 53.7 Å². The van der Waals surface area contributed by atoms with Crippen molar-refractivity contribution in [3.8, 4) is 5.69 Å². The first kappa shape index (κ1) is 20.8. The van der Waals surface area contributed by atoms with Gasteiger partial charge in [0, 0.05) is 10.9 Å². The summed E-state index contributed by atoms with van der Waals surface area (Å²) in [5.74, 6) is 0.278. The van der Waals surface area contributed by atoms with Gasteiger partial charge in [-0.2, -0.15) is 0 Å². The number of hydrogen-bond donors (Lipinski definition) is 1. The van der Waals surface area contributed by atoms with Crippen molar-refractivity contribution >= 4 is 39.2 Å². The number of nitrogens with one attached hydrogen (secondary N) is 1. The van der Waals surface area contributed by atoms with Crippen LogP contribution in [0.3, 0.4) is 0 Å². The number of benzene rings is 1. The Bertz CT molecular complexity index is 1220. The lowest BCUT2D eigenvalue weighted by Gasteiger charge is -2.15. The Kier molecular flexibility index (Phi) is 5.65. The quantitative estimate of drug-likeness (QED) is 0.345. The predicted octanol–water partition coefficient (Wildman–Crippen LogP) is 4.70. The summed E-state index contributed by atoms with van der Waals surface area (Å²) in [6, 6.07) is 6.45. The van der Waals surface area contributed by atoms with E-state index in [4.69, 9.17) is 4.98 Å². The lowest BCUT2D eigenvalue weighted by atomic mass is 10.1. The van der Waals surface area contributed by atoms with E-state index in [0.717, 1.165) is 59.1 Å². The Morgan fingerprint density at radius 2 is 2.03 bits per heavy atom. The molecule has 3 aromatic rings. The second-order valence-electron chi connectivity index (χ2n) is 8.70. The van der Waals surface area contributed by atoms with Gasteiger partial charge in [0.25, 0.3) is 5.56 Å². The number of carbonyl (C=O) groups is 1. The molecule has 2 heterocycles. The standard InChI is InChI=1S/C24H27N3O2S2/c1-14-8-11-18(15(2)12-14)27-23(29)21-17-6-4-3-5-7-19(17)31-22(21)26-24(27)30-13-20(28)25-16-9-10-16/h8,11-12,16H,3-7,9-10,13H2,1-2H3,(H,25,28). The molecule has 1 amide bonds. The molecule has 2 aliphatic carbocycles.